The molecule has 3 rings (SSSR count). The molecule has 0 saturated carbocycles. The Bertz CT molecular complexity index is 1100. The Hall–Kier alpha value is -3.21. The number of nitrogens with zero attached hydrogens (tertiary/aromatic N) is 4. The van der Waals surface area contributed by atoms with Gasteiger partial charge in [0.25, 0.3) is 5.91 Å². The van der Waals surface area contributed by atoms with E-state index in [0.29, 0.717) is 5.69 Å². The number of rotatable bonds is 4. The van der Waals surface area contributed by atoms with Gasteiger partial charge in [-0.1, -0.05) is 6.07 Å². The highest BCUT2D eigenvalue weighted by Crippen LogP contribution is 2.31. The number of amides is 1. The predicted molar refractivity (Wildman–Crippen MR) is 95.9 cm³/mol. The van der Waals surface area contributed by atoms with Crippen LogP contribution in [0.25, 0.3) is 0 Å². The second-order valence-corrected chi connectivity index (χ2v) is 7.46. The number of benzene rings is 1. The van der Waals surface area contributed by atoms with Crippen LogP contribution in [0.3, 0.4) is 0 Å². The topological polar surface area (TPSA) is 79.3 Å². The Morgan fingerprint density at radius 1 is 1.28 bits per heavy atom. The lowest BCUT2D eigenvalue weighted by Gasteiger charge is -2.15. The molecule has 2 aromatic heterocycles. The van der Waals surface area contributed by atoms with E-state index in [2.05, 4.69) is 4.98 Å². The van der Waals surface area contributed by atoms with Crippen molar-refractivity contribution in [2.45, 2.75) is 16.2 Å². The quantitative estimate of drug-likeness (QED) is 0.514. The van der Waals surface area contributed by atoms with E-state index in [1.807, 2.05) is 0 Å². The zero-order chi connectivity index (χ0) is 21.3. The van der Waals surface area contributed by atoms with Gasteiger partial charge in [0.05, 0.1) is 11.8 Å². The Balaban J connectivity index is 1.91. The fraction of sp³-hybridized carbons (Fsp3) is 0.167. The average Bonchev–Trinajstić information content (AvgIpc) is 3.07. The molecule has 11 heteroatoms. The number of aromatic nitrogens is 3. The van der Waals surface area contributed by atoms with Crippen molar-refractivity contribution in [3.63, 3.8) is 0 Å². The van der Waals surface area contributed by atoms with Crippen molar-refractivity contribution in [2.24, 2.45) is 7.05 Å². The zero-order valence-electron chi connectivity index (χ0n) is 15.3. The largest absolute Gasteiger partial charge is 0.416 e. The smallest absolute Gasteiger partial charge is 0.316 e. The van der Waals surface area contributed by atoms with Crippen LogP contribution in [0.15, 0.2) is 65.0 Å². The van der Waals surface area contributed by atoms with Gasteiger partial charge in [0.1, 0.15) is 22.2 Å². The molecule has 0 spiro atoms. The second kappa shape index (κ2) is 7.66. The van der Waals surface area contributed by atoms with Crippen molar-refractivity contribution in [1.29, 1.82) is 0 Å². The predicted octanol–water partition coefficient (Wildman–Crippen LogP) is 2.41. The highest BCUT2D eigenvalue weighted by Gasteiger charge is 2.31. The Morgan fingerprint density at radius 3 is 2.66 bits per heavy atom. The second-order valence-electron chi connectivity index (χ2n) is 6.09. The van der Waals surface area contributed by atoms with Gasteiger partial charge in [-0.05, 0) is 24.3 Å². The number of hydrogen-bond acceptors (Lipinski definition) is 4. The maximum Gasteiger partial charge on any atom is 0.416 e. The number of imidazole rings is 1. The Kier molecular flexibility index (Phi) is 5.42. The molecule has 7 nitrogen and oxygen atoms in total. The molecular weight excluding hydrogens is 409 g/mol. The maximum absolute atomic E-state index is 12.9. The van der Waals surface area contributed by atoms with Crippen LogP contribution in [0.1, 0.15) is 16.1 Å². The van der Waals surface area contributed by atoms with E-state index < -0.39 is 28.4 Å². The number of pyridine rings is 1. The molecule has 0 aliphatic heterocycles. The lowest BCUT2D eigenvalue weighted by atomic mass is 10.2. The zero-order valence-corrected chi connectivity index (χ0v) is 16.1. The summed E-state index contributed by atoms with van der Waals surface area (Å²) in [7, 11) is 0.907. The van der Waals surface area contributed by atoms with Gasteiger partial charge in [-0.3, -0.25) is 10.0 Å². The molecule has 1 unspecified atom stereocenters. The molecule has 3 aromatic rings. The van der Waals surface area contributed by atoms with Gasteiger partial charge in [0.15, 0.2) is 0 Å². The van der Waals surface area contributed by atoms with Gasteiger partial charge in [-0.25, -0.2) is 9.19 Å². The van der Waals surface area contributed by atoms with Crippen LogP contribution in [0.2, 0.25) is 0 Å². The van der Waals surface area contributed by atoms with E-state index in [1.165, 1.54) is 60.4 Å². The molecule has 0 aliphatic rings. The van der Waals surface area contributed by atoms with Gasteiger partial charge in [-0.2, -0.15) is 13.2 Å². The molecule has 1 N–H and O–H groups in total. The van der Waals surface area contributed by atoms with Crippen LogP contribution in [-0.2, 0) is 24.0 Å². The molecule has 0 radical (unpaired) electrons. The highest BCUT2D eigenvalue weighted by atomic mass is 32.2. The summed E-state index contributed by atoms with van der Waals surface area (Å²) >= 11 is 0. The summed E-state index contributed by atoms with van der Waals surface area (Å²) in [6, 6.07) is 7.29. The normalized spacial score (nSPS) is 12.6. The van der Waals surface area contributed by atoms with E-state index in [0.717, 1.165) is 16.9 Å². The van der Waals surface area contributed by atoms with Crippen molar-refractivity contribution in [1.82, 2.24) is 9.55 Å². The molecule has 1 atom stereocenters. The first-order valence-corrected chi connectivity index (χ1v) is 9.34. The lowest BCUT2D eigenvalue weighted by molar-refractivity contribution is -0.904. The molecule has 0 saturated heterocycles. The summed E-state index contributed by atoms with van der Waals surface area (Å²) in [6.07, 6.45) is -0.668. The number of carbonyl (C=O) groups excluding carboxylic acids is 1. The lowest BCUT2D eigenvalue weighted by Crippen LogP contribution is -2.33. The molecule has 29 heavy (non-hydrogen) atoms. The number of alkyl halides is 3. The standard InChI is InChI=1S/C18H16F3N4O3S/c1-23(13-6-4-8-25(27)11-13)16(26)15-10-22-17(24(15)2)29(28)14-7-3-5-12(9-14)18(19,20)21/h3-11,27H,1-2H3/q+1. The fourth-order valence-corrected chi connectivity index (χ4v) is 3.74. The highest BCUT2D eigenvalue weighted by molar-refractivity contribution is 7.85. The molecule has 1 aromatic carbocycles. The molecule has 0 aliphatic carbocycles. The first-order valence-electron chi connectivity index (χ1n) is 8.19. The summed E-state index contributed by atoms with van der Waals surface area (Å²) < 4.78 is 53.6. The van der Waals surface area contributed by atoms with E-state index >= 15 is 0 Å². The van der Waals surface area contributed by atoms with Gasteiger partial charge in [0.2, 0.25) is 17.6 Å². The third kappa shape index (κ3) is 4.14. The van der Waals surface area contributed by atoms with Crippen molar-refractivity contribution in [2.75, 3.05) is 11.9 Å². The third-order valence-electron chi connectivity index (χ3n) is 4.17. The van der Waals surface area contributed by atoms with Crippen LogP contribution in [0.4, 0.5) is 18.9 Å². The van der Waals surface area contributed by atoms with Crippen LogP contribution >= 0.6 is 0 Å². The van der Waals surface area contributed by atoms with E-state index in [9.17, 15) is 27.4 Å². The van der Waals surface area contributed by atoms with Crippen molar-refractivity contribution >= 4 is 22.4 Å². The van der Waals surface area contributed by atoms with E-state index in [4.69, 9.17) is 0 Å². The van der Waals surface area contributed by atoms with Gasteiger partial charge >= 0.3 is 6.18 Å². The van der Waals surface area contributed by atoms with Gasteiger partial charge in [-0.15, -0.1) is 0 Å². The average molecular weight is 425 g/mol. The van der Waals surface area contributed by atoms with Crippen LogP contribution < -0.4 is 9.63 Å². The number of carbonyl (C=O) groups is 1. The number of hydrogen-bond donors (Lipinski definition) is 1. The summed E-state index contributed by atoms with van der Waals surface area (Å²) in [5.41, 5.74) is -0.451. The van der Waals surface area contributed by atoms with Gasteiger partial charge < -0.3 is 9.47 Å². The first-order chi connectivity index (χ1) is 13.6. The Morgan fingerprint density at radius 2 is 2.00 bits per heavy atom. The number of anilines is 1. The molecule has 1 amide bonds. The third-order valence-corrected chi connectivity index (χ3v) is 5.56. The van der Waals surface area contributed by atoms with Crippen molar-refractivity contribution < 1.29 is 32.1 Å². The van der Waals surface area contributed by atoms with Crippen molar-refractivity contribution in [3.8, 4) is 0 Å². The molecule has 0 fully saturated rings. The van der Waals surface area contributed by atoms with Gasteiger partial charge in [0, 0.05) is 29.8 Å². The van der Waals surface area contributed by atoms with Crippen LogP contribution in [0, 0.1) is 0 Å². The molecular formula is C18H16F3N4O3S+. The van der Waals surface area contributed by atoms with Crippen molar-refractivity contribution in [3.05, 3.63) is 66.2 Å². The minimum Gasteiger partial charge on any atom is -0.316 e. The van der Waals surface area contributed by atoms with E-state index in [-0.39, 0.29) is 15.7 Å². The molecule has 2 heterocycles. The monoisotopic (exact) mass is 425 g/mol. The van der Waals surface area contributed by atoms with E-state index in [1.54, 1.807) is 6.07 Å². The van der Waals surface area contributed by atoms with Crippen LogP contribution in [-0.4, -0.2) is 31.9 Å². The maximum atomic E-state index is 12.9. The molecule has 0 bridgehead atoms. The summed E-state index contributed by atoms with van der Waals surface area (Å²) in [4.78, 5) is 17.9. The minimum atomic E-state index is -4.56. The minimum absolute atomic E-state index is 0.0636. The first kappa shape index (κ1) is 20.5. The van der Waals surface area contributed by atoms with Crippen LogP contribution in [0.5, 0.6) is 0 Å². The SMILES string of the molecule is CN(C(=O)c1cnc(S(=O)c2cccc(C(F)(F)F)c2)n1C)c1ccc[n+](O)c1. The summed E-state index contributed by atoms with van der Waals surface area (Å²) in [5, 5.41) is 9.43. The molecule has 152 valence electrons. The summed E-state index contributed by atoms with van der Waals surface area (Å²) in [6.45, 7) is 0. The Labute approximate surface area is 166 Å². The summed E-state index contributed by atoms with van der Waals surface area (Å²) in [5.74, 6) is -0.501. The number of halogens is 3. The fourth-order valence-electron chi connectivity index (χ4n) is 2.60.